The highest BCUT2D eigenvalue weighted by atomic mass is 79.9. The van der Waals surface area contributed by atoms with Crippen LogP contribution >= 0.6 is 27.5 Å². The van der Waals surface area contributed by atoms with Crippen molar-refractivity contribution in [2.75, 3.05) is 6.61 Å². The molecule has 3 nitrogen and oxygen atoms in total. The van der Waals surface area contributed by atoms with E-state index in [1.165, 1.54) is 0 Å². The Morgan fingerprint density at radius 2 is 2.31 bits per heavy atom. The molecule has 0 saturated carbocycles. The van der Waals surface area contributed by atoms with Gasteiger partial charge in [0.25, 0.3) is 0 Å². The molecule has 0 saturated heterocycles. The number of carbonyl (C=O) groups is 1. The van der Waals surface area contributed by atoms with Crippen LogP contribution in [0.1, 0.15) is 25.0 Å². The molecule has 0 radical (unpaired) electrons. The molecule has 1 aromatic rings. The van der Waals surface area contributed by atoms with Crippen molar-refractivity contribution < 1.29 is 14.6 Å². The summed E-state index contributed by atoms with van der Waals surface area (Å²) in [6, 6.07) is 5.19. The molecular formula is C11H12BrClO3. The average molecular weight is 308 g/mol. The zero-order chi connectivity index (χ0) is 12.1. The molecule has 0 bridgehead atoms. The van der Waals surface area contributed by atoms with Crippen molar-refractivity contribution in [2.45, 2.75) is 19.4 Å². The third-order valence-electron chi connectivity index (χ3n) is 2.01. The summed E-state index contributed by atoms with van der Waals surface area (Å²) in [6.45, 7) is 2.02. The monoisotopic (exact) mass is 306 g/mol. The molecule has 5 heteroatoms. The zero-order valence-corrected chi connectivity index (χ0v) is 11.1. The second-order valence-electron chi connectivity index (χ2n) is 3.17. The second kappa shape index (κ2) is 6.23. The number of esters is 1. The predicted octanol–water partition coefficient (Wildman–Crippen LogP) is 3.09. The summed E-state index contributed by atoms with van der Waals surface area (Å²) < 4.78 is 5.44. The van der Waals surface area contributed by atoms with Gasteiger partial charge in [-0.05, 0) is 28.9 Å². The Balaban J connectivity index is 2.76. The molecule has 0 aliphatic rings. The standard InChI is InChI=1S/C11H12BrClO3/c1-2-16-10(15)6-9(14)7-4-3-5-8(12)11(7)13/h3-5,9,14H,2,6H2,1H3. The van der Waals surface area contributed by atoms with E-state index in [-0.39, 0.29) is 6.42 Å². The van der Waals surface area contributed by atoms with Gasteiger partial charge in [-0.15, -0.1) is 0 Å². The van der Waals surface area contributed by atoms with Crippen molar-refractivity contribution in [2.24, 2.45) is 0 Å². The summed E-state index contributed by atoms with van der Waals surface area (Å²) in [5.41, 5.74) is 0.518. The van der Waals surface area contributed by atoms with Crippen molar-refractivity contribution in [3.8, 4) is 0 Å². The lowest BCUT2D eigenvalue weighted by atomic mass is 10.1. The summed E-state index contributed by atoms with van der Waals surface area (Å²) >= 11 is 9.24. The molecule has 1 atom stereocenters. The lowest BCUT2D eigenvalue weighted by Gasteiger charge is -2.12. The van der Waals surface area contributed by atoms with Crippen molar-refractivity contribution in [1.82, 2.24) is 0 Å². The van der Waals surface area contributed by atoms with Gasteiger partial charge in [0.2, 0.25) is 0 Å². The fourth-order valence-corrected chi connectivity index (χ4v) is 1.90. The highest BCUT2D eigenvalue weighted by molar-refractivity contribution is 9.10. The van der Waals surface area contributed by atoms with Crippen molar-refractivity contribution >= 4 is 33.5 Å². The van der Waals surface area contributed by atoms with Crippen LogP contribution in [-0.4, -0.2) is 17.7 Å². The fourth-order valence-electron chi connectivity index (χ4n) is 1.27. The summed E-state index contributed by atoms with van der Waals surface area (Å²) in [5, 5.41) is 10.2. The first-order valence-corrected chi connectivity index (χ1v) is 6.01. The topological polar surface area (TPSA) is 46.5 Å². The van der Waals surface area contributed by atoms with Crippen molar-refractivity contribution in [3.05, 3.63) is 33.3 Å². The van der Waals surface area contributed by atoms with Crippen LogP contribution in [0.4, 0.5) is 0 Å². The van der Waals surface area contributed by atoms with Crippen molar-refractivity contribution in [1.29, 1.82) is 0 Å². The summed E-state index contributed by atoms with van der Waals surface area (Å²) in [6.07, 6.45) is -1.03. The maximum Gasteiger partial charge on any atom is 0.308 e. The summed E-state index contributed by atoms with van der Waals surface area (Å²) in [4.78, 5) is 11.2. The number of hydrogen-bond acceptors (Lipinski definition) is 3. The number of hydrogen-bond donors (Lipinski definition) is 1. The highest BCUT2D eigenvalue weighted by Gasteiger charge is 2.17. The Bertz CT molecular complexity index is 381. The maximum atomic E-state index is 11.2. The molecule has 0 aliphatic carbocycles. The first kappa shape index (κ1) is 13.5. The largest absolute Gasteiger partial charge is 0.466 e. The lowest BCUT2D eigenvalue weighted by Crippen LogP contribution is -2.10. The molecule has 0 aliphatic heterocycles. The van der Waals surface area contributed by atoms with E-state index in [1.807, 2.05) is 0 Å². The van der Waals surface area contributed by atoms with Gasteiger partial charge in [-0.1, -0.05) is 23.7 Å². The Labute approximate surface area is 107 Å². The Hall–Kier alpha value is -0.580. The molecule has 0 fully saturated rings. The minimum Gasteiger partial charge on any atom is -0.466 e. The van der Waals surface area contributed by atoms with E-state index in [4.69, 9.17) is 16.3 Å². The molecule has 0 aromatic heterocycles. The van der Waals surface area contributed by atoms with Gasteiger partial charge >= 0.3 is 5.97 Å². The maximum absolute atomic E-state index is 11.2. The number of halogens is 2. The molecular weight excluding hydrogens is 295 g/mol. The SMILES string of the molecule is CCOC(=O)CC(O)c1cccc(Br)c1Cl. The summed E-state index contributed by atoms with van der Waals surface area (Å²) in [7, 11) is 0. The van der Waals surface area contributed by atoms with Gasteiger partial charge in [0.1, 0.15) is 0 Å². The van der Waals surface area contributed by atoms with Crippen LogP contribution in [0.25, 0.3) is 0 Å². The fraction of sp³-hybridized carbons (Fsp3) is 0.364. The quantitative estimate of drug-likeness (QED) is 0.870. The molecule has 0 amide bonds. The number of benzene rings is 1. The number of carbonyl (C=O) groups excluding carboxylic acids is 1. The Morgan fingerprint density at radius 1 is 1.62 bits per heavy atom. The lowest BCUT2D eigenvalue weighted by molar-refractivity contribution is -0.145. The number of ether oxygens (including phenoxy) is 1. The van der Waals surface area contributed by atoms with Gasteiger partial charge in [-0.2, -0.15) is 0 Å². The third kappa shape index (κ3) is 3.47. The molecule has 16 heavy (non-hydrogen) atoms. The molecule has 0 heterocycles. The van der Waals surface area contributed by atoms with E-state index in [9.17, 15) is 9.90 Å². The first-order valence-electron chi connectivity index (χ1n) is 4.83. The number of aliphatic hydroxyl groups excluding tert-OH is 1. The molecule has 1 rings (SSSR count). The van der Waals surface area contributed by atoms with Crippen LogP contribution in [0, 0.1) is 0 Å². The van der Waals surface area contributed by atoms with Crippen molar-refractivity contribution in [3.63, 3.8) is 0 Å². The van der Waals surface area contributed by atoms with E-state index in [1.54, 1.807) is 25.1 Å². The number of aliphatic hydroxyl groups is 1. The van der Waals surface area contributed by atoms with Crippen LogP contribution in [-0.2, 0) is 9.53 Å². The smallest absolute Gasteiger partial charge is 0.308 e. The van der Waals surface area contributed by atoms with Crippen LogP contribution in [0.2, 0.25) is 5.02 Å². The Kier molecular flexibility index (Phi) is 5.25. The average Bonchev–Trinajstić information content (AvgIpc) is 2.22. The van der Waals surface area contributed by atoms with Crippen LogP contribution in [0.3, 0.4) is 0 Å². The normalized spacial score (nSPS) is 12.2. The van der Waals surface area contributed by atoms with Gasteiger partial charge in [-0.25, -0.2) is 0 Å². The van der Waals surface area contributed by atoms with E-state index in [2.05, 4.69) is 15.9 Å². The van der Waals surface area contributed by atoms with E-state index < -0.39 is 12.1 Å². The highest BCUT2D eigenvalue weighted by Crippen LogP contribution is 2.31. The van der Waals surface area contributed by atoms with Gasteiger partial charge in [-0.3, -0.25) is 4.79 Å². The van der Waals surface area contributed by atoms with Gasteiger partial charge in [0.15, 0.2) is 0 Å². The molecule has 1 N–H and O–H groups in total. The van der Waals surface area contributed by atoms with E-state index in [0.29, 0.717) is 21.7 Å². The van der Waals surface area contributed by atoms with Crippen LogP contribution in [0.15, 0.2) is 22.7 Å². The minimum absolute atomic E-state index is 0.0932. The minimum atomic E-state index is -0.941. The second-order valence-corrected chi connectivity index (χ2v) is 4.40. The molecule has 1 unspecified atom stereocenters. The van der Waals surface area contributed by atoms with E-state index in [0.717, 1.165) is 0 Å². The predicted molar refractivity (Wildman–Crippen MR) is 65.4 cm³/mol. The summed E-state index contributed by atoms with van der Waals surface area (Å²) in [5.74, 6) is -0.439. The van der Waals surface area contributed by atoms with Gasteiger partial charge < -0.3 is 9.84 Å². The Morgan fingerprint density at radius 3 is 2.94 bits per heavy atom. The number of rotatable bonds is 4. The first-order chi connectivity index (χ1) is 7.56. The third-order valence-corrected chi connectivity index (χ3v) is 3.32. The van der Waals surface area contributed by atoms with Crippen LogP contribution in [0.5, 0.6) is 0 Å². The molecule has 0 spiro atoms. The van der Waals surface area contributed by atoms with Gasteiger partial charge in [0, 0.05) is 10.0 Å². The van der Waals surface area contributed by atoms with Crippen LogP contribution < -0.4 is 0 Å². The van der Waals surface area contributed by atoms with E-state index >= 15 is 0 Å². The zero-order valence-electron chi connectivity index (χ0n) is 8.74. The molecule has 1 aromatic carbocycles. The van der Waals surface area contributed by atoms with Gasteiger partial charge in [0.05, 0.1) is 24.2 Å². The molecule has 88 valence electrons.